The molecule has 0 aliphatic rings. The molecule has 3 rings (SSSR count). The van der Waals surface area contributed by atoms with Gasteiger partial charge in [0.1, 0.15) is 5.82 Å². The second-order valence-electron chi connectivity index (χ2n) is 6.34. The summed E-state index contributed by atoms with van der Waals surface area (Å²) in [5.74, 6) is 0.828. The number of hydrogen-bond acceptors (Lipinski definition) is 3. The largest absolute Gasteiger partial charge is 0.441 e. The Kier molecular flexibility index (Phi) is 5.46. The Morgan fingerprint density at radius 1 is 1.15 bits per heavy atom. The van der Waals surface area contributed by atoms with Gasteiger partial charge in [0.2, 0.25) is 5.91 Å². The van der Waals surface area contributed by atoms with Gasteiger partial charge in [-0.2, -0.15) is 0 Å². The molecule has 0 saturated carbocycles. The van der Waals surface area contributed by atoms with E-state index in [4.69, 9.17) is 4.42 Å². The van der Waals surface area contributed by atoms with Crippen LogP contribution in [0.25, 0.3) is 11.3 Å². The number of halogens is 1. The number of carbonyl (C=O) groups is 1. The highest BCUT2D eigenvalue weighted by molar-refractivity contribution is 5.76. The molecular formula is C21H21FN2O2. The summed E-state index contributed by atoms with van der Waals surface area (Å²) in [6.45, 7) is 4.04. The fourth-order valence-electron chi connectivity index (χ4n) is 2.53. The van der Waals surface area contributed by atoms with Crippen molar-refractivity contribution in [2.24, 2.45) is 0 Å². The van der Waals surface area contributed by atoms with E-state index in [9.17, 15) is 9.18 Å². The molecule has 0 fully saturated rings. The number of amides is 1. The first kappa shape index (κ1) is 17.9. The molecule has 0 bridgehead atoms. The molecule has 0 aliphatic heterocycles. The van der Waals surface area contributed by atoms with E-state index in [-0.39, 0.29) is 18.1 Å². The number of nitrogens with zero attached hydrogens (tertiary/aromatic N) is 1. The summed E-state index contributed by atoms with van der Waals surface area (Å²) in [7, 11) is 0. The normalized spacial score (nSPS) is 10.7. The van der Waals surface area contributed by atoms with Crippen molar-refractivity contribution >= 4 is 5.91 Å². The van der Waals surface area contributed by atoms with Gasteiger partial charge in [0, 0.05) is 24.9 Å². The maximum absolute atomic E-state index is 13.5. The molecule has 1 amide bonds. The lowest BCUT2D eigenvalue weighted by Crippen LogP contribution is -2.23. The number of aryl methyl sites for hydroxylation is 3. The third-order valence-corrected chi connectivity index (χ3v) is 4.18. The van der Waals surface area contributed by atoms with Crippen molar-refractivity contribution in [3.63, 3.8) is 0 Å². The fourth-order valence-corrected chi connectivity index (χ4v) is 2.53. The van der Waals surface area contributed by atoms with E-state index in [1.54, 1.807) is 25.3 Å². The van der Waals surface area contributed by atoms with Gasteiger partial charge in [-0.25, -0.2) is 9.37 Å². The molecule has 4 nitrogen and oxygen atoms in total. The van der Waals surface area contributed by atoms with E-state index in [0.717, 1.165) is 11.1 Å². The van der Waals surface area contributed by atoms with E-state index in [1.807, 2.05) is 31.2 Å². The monoisotopic (exact) mass is 352 g/mol. The Balaban J connectivity index is 1.50. The number of benzene rings is 2. The zero-order valence-corrected chi connectivity index (χ0v) is 14.9. The molecule has 1 aromatic heterocycles. The minimum absolute atomic E-state index is 0.124. The van der Waals surface area contributed by atoms with E-state index in [1.165, 1.54) is 11.6 Å². The van der Waals surface area contributed by atoms with E-state index in [0.29, 0.717) is 30.2 Å². The standard InChI is InChI=1S/C21H21FN2O2/c1-14-3-7-17(8-4-14)19-13-24-21(26-19)10-9-20(25)23-12-16-6-5-15(2)18(22)11-16/h3-8,11,13H,9-10,12H2,1-2H3,(H,23,25). The number of nitrogens with one attached hydrogen (secondary N) is 1. The molecule has 0 unspecified atom stereocenters. The lowest BCUT2D eigenvalue weighted by atomic mass is 10.1. The van der Waals surface area contributed by atoms with Gasteiger partial charge in [0.05, 0.1) is 6.20 Å². The molecule has 0 aliphatic carbocycles. The molecule has 26 heavy (non-hydrogen) atoms. The topological polar surface area (TPSA) is 55.1 Å². The van der Waals surface area contributed by atoms with Crippen molar-refractivity contribution in [3.8, 4) is 11.3 Å². The van der Waals surface area contributed by atoms with Gasteiger partial charge >= 0.3 is 0 Å². The van der Waals surface area contributed by atoms with Crippen molar-refractivity contribution in [1.82, 2.24) is 10.3 Å². The van der Waals surface area contributed by atoms with Crippen LogP contribution in [0, 0.1) is 19.7 Å². The zero-order valence-electron chi connectivity index (χ0n) is 14.9. The summed E-state index contributed by atoms with van der Waals surface area (Å²) in [4.78, 5) is 16.2. The van der Waals surface area contributed by atoms with Crippen LogP contribution < -0.4 is 5.32 Å². The summed E-state index contributed by atoms with van der Waals surface area (Å²) < 4.78 is 19.2. The molecule has 0 atom stereocenters. The zero-order chi connectivity index (χ0) is 18.5. The first-order valence-corrected chi connectivity index (χ1v) is 8.55. The Labute approximate surface area is 152 Å². The highest BCUT2D eigenvalue weighted by Crippen LogP contribution is 2.21. The van der Waals surface area contributed by atoms with Crippen molar-refractivity contribution in [1.29, 1.82) is 0 Å². The van der Waals surface area contributed by atoms with Gasteiger partial charge < -0.3 is 9.73 Å². The predicted molar refractivity (Wildman–Crippen MR) is 98.0 cm³/mol. The molecule has 1 heterocycles. The van der Waals surface area contributed by atoms with E-state index >= 15 is 0 Å². The van der Waals surface area contributed by atoms with Crippen molar-refractivity contribution in [2.45, 2.75) is 33.2 Å². The Morgan fingerprint density at radius 3 is 2.65 bits per heavy atom. The molecule has 2 aromatic carbocycles. The Hall–Kier alpha value is -2.95. The molecule has 0 radical (unpaired) electrons. The van der Waals surface area contributed by atoms with Crippen LogP contribution in [0.2, 0.25) is 0 Å². The molecule has 1 N–H and O–H groups in total. The van der Waals surface area contributed by atoms with Crippen LogP contribution in [0.15, 0.2) is 53.1 Å². The molecule has 0 saturated heterocycles. The van der Waals surface area contributed by atoms with Crippen molar-refractivity contribution in [3.05, 3.63) is 77.1 Å². The molecule has 5 heteroatoms. The molecule has 3 aromatic rings. The first-order valence-electron chi connectivity index (χ1n) is 8.55. The van der Waals surface area contributed by atoms with Gasteiger partial charge in [0.15, 0.2) is 11.7 Å². The van der Waals surface area contributed by atoms with Gasteiger partial charge in [-0.1, -0.05) is 42.0 Å². The fraction of sp³-hybridized carbons (Fsp3) is 0.238. The van der Waals surface area contributed by atoms with Crippen LogP contribution in [0.1, 0.15) is 29.0 Å². The second-order valence-corrected chi connectivity index (χ2v) is 6.34. The Bertz CT molecular complexity index is 901. The van der Waals surface area contributed by atoms with Crippen molar-refractivity contribution in [2.75, 3.05) is 0 Å². The summed E-state index contributed by atoms with van der Waals surface area (Å²) in [6.07, 6.45) is 2.36. The summed E-state index contributed by atoms with van der Waals surface area (Å²) in [5, 5.41) is 2.79. The quantitative estimate of drug-likeness (QED) is 0.718. The van der Waals surface area contributed by atoms with Gasteiger partial charge in [-0.3, -0.25) is 4.79 Å². The van der Waals surface area contributed by atoms with Crippen LogP contribution in [0.5, 0.6) is 0 Å². The van der Waals surface area contributed by atoms with E-state index < -0.39 is 0 Å². The maximum Gasteiger partial charge on any atom is 0.220 e. The predicted octanol–water partition coefficient (Wildman–Crippen LogP) is 4.35. The number of oxazole rings is 1. The first-order chi connectivity index (χ1) is 12.5. The summed E-state index contributed by atoms with van der Waals surface area (Å²) >= 11 is 0. The van der Waals surface area contributed by atoms with Crippen LogP contribution >= 0.6 is 0 Å². The lowest BCUT2D eigenvalue weighted by Gasteiger charge is -2.06. The highest BCUT2D eigenvalue weighted by atomic mass is 19.1. The van der Waals surface area contributed by atoms with Crippen LogP contribution in [0.3, 0.4) is 0 Å². The third-order valence-electron chi connectivity index (χ3n) is 4.18. The smallest absolute Gasteiger partial charge is 0.220 e. The highest BCUT2D eigenvalue weighted by Gasteiger charge is 2.09. The molecule has 134 valence electrons. The SMILES string of the molecule is Cc1ccc(-c2cnc(CCC(=O)NCc3ccc(C)c(F)c3)o2)cc1. The number of rotatable bonds is 6. The van der Waals surface area contributed by atoms with Crippen LogP contribution in [-0.4, -0.2) is 10.9 Å². The van der Waals surface area contributed by atoms with Crippen LogP contribution in [0.4, 0.5) is 4.39 Å². The number of aromatic nitrogens is 1. The van der Waals surface area contributed by atoms with Crippen molar-refractivity contribution < 1.29 is 13.6 Å². The number of carbonyl (C=O) groups excluding carboxylic acids is 1. The third kappa shape index (κ3) is 4.57. The average Bonchev–Trinajstić information content (AvgIpc) is 3.10. The lowest BCUT2D eigenvalue weighted by molar-refractivity contribution is -0.121. The Morgan fingerprint density at radius 2 is 1.92 bits per heavy atom. The summed E-state index contributed by atoms with van der Waals surface area (Å²) in [6, 6.07) is 12.9. The molecule has 0 spiro atoms. The van der Waals surface area contributed by atoms with Gasteiger partial charge in [-0.15, -0.1) is 0 Å². The second kappa shape index (κ2) is 7.95. The maximum atomic E-state index is 13.5. The summed E-state index contributed by atoms with van der Waals surface area (Å²) in [5.41, 5.74) is 3.46. The molecular weight excluding hydrogens is 331 g/mol. The minimum atomic E-state index is -0.264. The van der Waals surface area contributed by atoms with E-state index in [2.05, 4.69) is 10.3 Å². The number of hydrogen-bond donors (Lipinski definition) is 1. The average molecular weight is 352 g/mol. The minimum Gasteiger partial charge on any atom is -0.441 e. The van der Waals surface area contributed by atoms with Gasteiger partial charge in [0.25, 0.3) is 0 Å². The van der Waals surface area contributed by atoms with Crippen LogP contribution in [-0.2, 0) is 17.8 Å². The van der Waals surface area contributed by atoms with Gasteiger partial charge in [-0.05, 0) is 31.0 Å².